The molecule has 3 nitrogen and oxygen atoms in total. The topological polar surface area (TPSA) is 27.7 Å². The fraction of sp³-hybridized carbons (Fsp3) is 1.00. The van der Waals surface area contributed by atoms with Gasteiger partial charge in [-0.25, -0.2) is 0 Å². The molecule has 2 aliphatic carbocycles. The summed E-state index contributed by atoms with van der Waals surface area (Å²) in [4.78, 5) is 0. The van der Waals surface area contributed by atoms with E-state index in [4.69, 9.17) is 14.2 Å². The van der Waals surface area contributed by atoms with Gasteiger partial charge in [0, 0.05) is 19.6 Å². The summed E-state index contributed by atoms with van der Waals surface area (Å²) in [7, 11) is 3.59. The molecule has 0 saturated heterocycles. The van der Waals surface area contributed by atoms with Gasteiger partial charge in [0.1, 0.15) is 0 Å². The third-order valence-corrected chi connectivity index (χ3v) is 4.99. The zero-order chi connectivity index (χ0) is 13.6. The highest BCUT2D eigenvalue weighted by Crippen LogP contribution is 2.43. The molecule has 0 aromatic rings. The maximum absolute atomic E-state index is 6.25. The Bertz CT molecular complexity index is 238. The van der Waals surface area contributed by atoms with Crippen LogP contribution in [0.5, 0.6) is 0 Å². The van der Waals surface area contributed by atoms with Crippen LogP contribution < -0.4 is 0 Å². The van der Waals surface area contributed by atoms with Crippen molar-refractivity contribution in [1.29, 1.82) is 0 Å². The first-order valence-corrected chi connectivity index (χ1v) is 7.90. The molecule has 0 unspecified atom stereocenters. The van der Waals surface area contributed by atoms with Gasteiger partial charge in [-0.1, -0.05) is 25.7 Å². The largest absolute Gasteiger partial charge is 0.384 e. The van der Waals surface area contributed by atoms with Gasteiger partial charge in [-0.15, -0.1) is 0 Å². The fourth-order valence-corrected chi connectivity index (χ4v) is 3.59. The molecule has 0 heterocycles. The molecule has 0 N–H and O–H groups in total. The summed E-state index contributed by atoms with van der Waals surface area (Å²) in [6.45, 7) is 2.33. The van der Waals surface area contributed by atoms with E-state index in [1.807, 2.05) is 0 Å². The smallest absolute Gasteiger partial charge is 0.0575 e. The molecule has 0 aliphatic heterocycles. The maximum Gasteiger partial charge on any atom is 0.0575 e. The monoisotopic (exact) mass is 270 g/mol. The lowest BCUT2D eigenvalue weighted by molar-refractivity contribution is -0.121. The molecule has 0 amide bonds. The average molecular weight is 270 g/mol. The first kappa shape index (κ1) is 15.3. The number of ether oxygens (including phenoxy) is 3. The molecule has 2 rings (SSSR count). The first-order chi connectivity index (χ1) is 9.30. The number of hydrogen-bond acceptors (Lipinski definition) is 3. The van der Waals surface area contributed by atoms with Crippen molar-refractivity contribution < 1.29 is 14.2 Å². The third-order valence-electron chi connectivity index (χ3n) is 4.99. The van der Waals surface area contributed by atoms with Crippen LogP contribution >= 0.6 is 0 Å². The Morgan fingerprint density at radius 3 is 1.89 bits per heavy atom. The minimum atomic E-state index is 0.0825. The molecule has 0 spiro atoms. The van der Waals surface area contributed by atoms with Crippen LogP contribution in [0.15, 0.2) is 0 Å². The van der Waals surface area contributed by atoms with Crippen LogP contribution in [-0.4, -0.2) is 40.1 Å². The van der Waals surface area contributed by atoms with Crippen molar-refractivity contribution in [3.8, 4) is 0 Å². The number of rotatable bonds is 8. The Hall–Kier alpha value is -0.120. The van der Waals surface area contributed by atoms with Crippen molar-refractivity contribution in [2.45, 2.75) is 57.5 Å². The van der Waals surface area contributed by atoms with Gasteiger partial charge in [-0.05, 0) is 31.6 Å². The van der Waals surface area contributed by atoms with E-state index in [1.54, 1.807) is 14.2 Å². The van der Waals surface area contributed by atoms with Gasteiger partial charge >= 0.3 is 0 Å². The van der Waals surface area contributed by atoms with Crippen molar-refractivity contribution in [3.05, 3.63) is 0 Å². The van der Waals surface area contributed by atoms with Gasteiger partial charge in [0.25, 0.3) is 0 Å². The molecule has 0 aromatic carbocycles. The molecule has 19 heavy (non-hydrogen) atoms. The predicted octanol–water partition coefficient (Wildman–Crippen LogP) is 3.42. The molecular weight excluding hydrogens is 240 g/mol. The van der Waals surface area contributed by atoms with E-state index >= 15 is 0 Å². The molecule has 3 heteroatoms. The Labute approximate surface area is 118 Å². The molecule has 2 aliphatic rings. The number of hydrogen-bond donors (Lipinski definition) is 0. The van der Waals surface area contributed by atoms with E-state index in [9.17, 15) is 0 Å². The van der Waals surface area contributed by atoms with Crippen LogP contribution in [0.25, 0.3) is 0 Å². The first-order valence-electron chi connectivity index (χ1n) is 7.90. The van der Waals surface area contributed by atoms with Gasteiger partial charge in [0.15, 0.2) is 0 Å². The van der Waals surface area contributed by atoms with E-state index in [1.165, 1.54) is 51.4 Å². The molecule has 0 radical (unpaired) electrons. The lowest BCUT2D eigenvalue weighted by atomic mass is 9.66. The van der Waals surface area contributed by atoms with Crippen LogP contribution in [-0.2, 0) is 14.2 Å². The summed E-state index contributed by atoms with van der Waals surface area (Å²) in [5, 5.41) is 0. The zero-order valence-corrected chi connectivity index (χ0v) is 12.7. The Kier molecular flexibility index (Phi) is 6.11. The maximum atomic E-state index is 6.25. The van der Waals surface area contributed by atoms with Crippen LogP contribution in [0.1, 0.15) is 51.4 Å². The third kappa shape index (κ3) is 3.93. The summed E-state index contributed by atoms with van der Waals surface area (Å²) in [5.74, 6) is 0.719. The van der Waals surface area contributed by atoms with Crippen LogP contribution in [0.3, 0.4) is 0 Å². The number of methoxy groups -OCH3 is 2. The van der Waals surface area contributed by atoms with Crippen LogP contribution in [0.2, 0.25) is 0 Å². The summed E-state index contributed by atoms with van der Waals surface area (Å²) >= 11 is 0. The lowest BCUT2D eigenvalue weighted by Crippen LogP contribution is -2.47. The van der Waals surface area contributed by atoms with Crippen molar-refractivity contribution in [1.82, 2.24) is 0 Å². The zero-order valence-electron chi connectivity index (χ0n) is 12.7. The normalized spacial score (nSPS) is 22.4. The minimum Gasteiger partial charge on any atom is -0.384 e. The van der Waals surface area contributed by atoms with E-state index in [0.717, 1.165) is 25.7 Å². The van der Waals surface area contributed by atoms with Gasteiger partial charge in [-0.3, -0.25) is 0 Å². The van der Waals surface area contributed by atoms with Crippen molar-refractivity contribution >= 4 is 0 Å². The van der Waals surface area contributed by atoms with Crippen molar-refractivity contribution in [2.24, 2.45) is 11.3 Å². The second-order valence-electron chi connectivity index (χ2n) is 6.43. The molecule has 112 valence electrons. The van der Waals surface area contributed by atoms with E-state index in [-0.39, 0.29) is 5.41 Å². The average Bonchev–Trinajstić information content (AvgIpc) is 2.36. The highest BCUT2D eigenvalue weighted by Gasteiger charge is 2.43. The molecule has 2 fully saturated rings. The molecule has 0 bridgehead atoms. The van der Waals surface area contributed by atoms with Crippen LogP contribution in [0, 0.1) is 11.3 Å². The summed E-state index contributed by atoms with van der Waals surface area (Å²) < 4.78 is 17.2. The van der Waals surface area contributed by atoms with E-state index in [0.29, 0.717) is 6.10 Å². The fourth-order valence-electron chi connectivity index (χ4n) is 3.59. The van der Waals surface area contributed by atoms with Gasteiger partial charge in [0.2, 0.25) is 0 Å². The summed E-state index contributed by atoms with van der Waals surface area (Å²) in [6.07, 6.45) is 10.9. The van der Waals surface area contributed by atoms with Gasteiger partial charge < -0.3 is 14.2 Å². The second-order valence-corrected chi connectivity index (χ2v) is 6.43. The Morgan fingerprint density at radius 1 is 0.789 bits per heavy atom. The van der Waals surface area contributed by atoms with Crippen LogP contribution in [0.4, 0.5) is 0 Å². The predicted molar refractivity (Wildman–Crippen MR) is 76.4 cm³/mol. The summed E-state index contributed by atoms with van der Waals surface area (Å²) in [6, 6.07) is 0. The lowest BCUT2D eigenvalue weighted by Gasteiger charge is -2.45. The molecular formula is C16H30O3. The van der Waals surface area contributed by atoms with Crippen molar-refractivity contribution in [2.75, 3.05) is 34.0 Å². The standard InChI is InChI=1S/C16H30O3/c1-17-11-16(12-18-2,14-7-6-8-14)13-19-15-9-4-3-5-10-15/h14-15H,3-13H2,1-2H3. The van der Waals surface area contributed by atoms with Crippen molar-refractivity contribution in [3.63, 3.8) is 0 Å². The minimum absolute atomic E-state index is 0.0825. The quantitative estimate of drug-likeness (QED) is 0.676. The Balaban J connectivity index is 1.90. The SMILES string of the molecule is COCC(COC)(COC1CCCCC1)C1CCC1. The molecule has 0 aromatic heterocycles. The molecule has 2 saturated carbocycles. The second kappa shape index (κ2) is 7.61. The van der Waals surface area contributed by atoms with Gasteiger partial charge in [0.05, 0.1) is 25.9 Å². The van der Waals surface area contributed by atoms with E-state index < -0.39 is 0 Å². The Morgan fingerprint density at radius 2 is 1.42 bits per heavy atom. The highest BCUT2D eigenvalue weighted by molar-refractivity contribution is 4.91. The van der Waals surface area contributed by atoms with Gasteiger partial charge in [-0.2, -0.15) is 0 Å². The molecule has 0 atom stereocenters. The van der Waals surface area contributed by atoms with E-state index in [2.05, 4.69) is 0 Å². The highest BCUT2D eigenvalue weighted by atomic mass is 16.5. The summed E-state index contributed by atoms with van der Waals surface area (Å²) in [5.41, 5.74) is 0.0825.